The lowest BCUT2D eigenvalue weighted by Crippen LogP contribution is -2.34. The van der Waals surface area contributed by atoms with Crippen LogP contribution in [-0.2, 0) is 44.3 Å². The number of hydrogen-bond donors (Lipinski definition) is 1. The third-order valence-electron chi connectivity index (χ3n) is 11.2. The van der Waals surface area contributed by atoms with Gasteiger partial charge in [0.1, 0.15) is 49.4 Å². The fourth-order valence-corrected chi connectivity index (χ4v) is 8.43. The zero-order valence-corrected chi connectivity index (χ0v) is 40.2. The summed E-state index contributed by atoms with van der Waals surface area (Å²) in [6.45, 7) is 6.62. The van der Waals surface area contributed by atoms with Gasteiger partial charge < -0.3 is 37.7 Å². The van der Waals surface area contributed by atoms with Crippen molar-refractivity contribution in [1.29, 1.82) is 0 Å². The molecule has 2 amide bonds. The van der Waals surface area contributed by atoms with Crippen LogP contribution in [0.1, 0.15) is 52.4 Å². The summed E-state index contributed by atoms with van der Waals surface area (Å²) in [6.07, 6.45) is 0.543. The Labute approximate surface area is 397 Å². The SMILES string of the molecule is CCN(CCCS(=O)(=O)[O-])c1ccc2nc3ccc(=[N+](C)CCC(=O)O)cc-3oc2c1.CCN(CCCS(=O)(=O)[O-])c1ccc2nc3ccc(=[N+](C)CCC(=O)ON4C(=O)CCC4=O)cc-3oc2c1. The molecule has 0 spiro atoms. The molecule has 0 aromatic heterocycles. The molecule has 5 aliphatic rings. The Balaban J connectivity index is 0.000000232. The molecular formula is C46H53N7O14S2. The summed E-state index contributed by atoms with van der Waals surface area (Å²) < 4.78 is 81.2. The molecule has 0 unspecified atom stereocenters. The molecule has 1 fully saturated rings. The maximum Gasteiger partial charge on any atom is 0.339 e. The van der Waals surface area contributed by atoms with Crippen LogP contribution in [0, 0.1) is 0 Å². The summed E-state index contributed by atoms with van der Waals surface area (Å²) >= 11 is 0. The first kappa shape index (κ1) is 51.6. The van der Waals surface area contributed by atoms with Gasteiger partial charge in [0.15, 0.2) is 35.8 Å². The highest BCUT2D eigenvalue weighted by molar-refractivity contribution is 7.85. The molecule has 0 saturated carbocycles. The van der Waals surface area contributed by atoms with Gasteiger partial charge in [0.2, 0.25) is 10.7 Å². The van der Waals surface area contributed by atoms with Crippen LogP contribution in [-0.4, -0.2) is 135 Å². The summed E-state index contributed by atoms with van der Waals surface area (Å²) in [5.41, 5.74) is 5.42. The van der Waals surface area contributed by atoms with E-state index in [1.165, 1.54) is 0 Å². The van der Waals surface area contributed by atoms with Crippen molar-refractivity contribution in [3.05, 3.63) is 83.5 Å². The van der Waals surface area contributed by atoms with E-state index in [9.17, 15) is 45.1 Å². The largest absolute Gasteiger partial charge is 0.748 e. The van der Waals surface area contributed by atoms with E-state index in [0.717, 1.165) is 22.1 Å². The number of carboxylic acids is 1. The highest BCUT2D eigenvalue weighted by atomic mass is 32.2. The van der Waals surface area contributed by atoms with Gasteiger partial charge in [-0.2, -0.15) is 0 Å². The van der Waals surface area contributed by atoms with Crippen LogP contribution in [0.2, 0.25) is 0 Å². The highest BCUT2D eigenvalue weighted by Crippen LogP contribution is 2.29. The lowest BCUT2D eigenvalue weighted by Gasteiger charge is -2.23. The number of carbonyl (C=O) groups is 4. The molecule has 1 N–H and O–H groups in total. The Kier molecular flexibility index (Phi) is 16.8. The van der Waals surface area contributed by atoms with Gasteiger partial charge in [-0.3, -0.25) is 14.4 Å². The van der Waals surface area contributed by atoms with Gasteiger partial charge in [0.05, 0.1) is 32.4 Å². The van der Waals surface area contributed by atoms with Gasteiger partial charge in [-0.25, -0.2) is 40.7 Å². The molecule has 2 aliphatic carbocycles. The number of imide groups is 1. The van der Waals surface area contributed by atoms with E-state index in [1.54, 1.807) is 19.2 Å². The number of amides is 2. The predicted octanol–water partition coefficient (Wildman–Crippen LogP) is 2.66. The van der Waals surface area contributed by atoms with Gasteiger partial charge in [0, 0.05) is 86.2 Å². The normalized spacial score (nSPS) is 14.0. The predicted molar refractivity (Wildman–Crippen MR) is 252 cm³/mol. The summed E-state index contributed by atoms with van der Waals surface area (Å²) in [4.78, 5) is 64.3. The molecule has 0 radical (unpaired) electrons. The van der Waals surface area contributed by atoms with Crippen LogP contribution in [0.25, 0.3) is 45.1 Å². The molecule has 21 nitrogen and oxygen atoms in total. The summed E-state index contributed by atoms with van der Waals surface area (Å²) in [5.74, 6) is -2.30. The van der Waals surface area contributed by atoms with Crippen molar-refractivity contribution < 1.29 is 63.9 Å². The number of benzene rings is 4. The molecular weight excluding hydrogens is 939 g/mol. The number of carboxylic acid groups (broad SMARTS) is 1. The summed E-state index contributed by atoms with van der Waals surface area (Å²) in [6, 6.07) is 22.1. The maximum absolute atomic E-state index is 12.1. The Morgan fingerprint density at radius 1 is 0.696 bits per heavy atom. The Morgan fingerprint density at radius 2 is 1.13 bits per heavy atom. The number of rotatable bonds is 19. The Hall–Kier alpha value is -6.82. The van der Waals surface area contributed by atoms with Crippen molar-refractivity contribution in [1.82, 2.24) is 24.2 Å². The average Bonchev–Trinajstić information content (AvgIpc) is 3.62. The fraction of sp³-hybridized carbons (Fsp3) is 0.391. The second-order valence-corrected chi connectivity index (χ2v) is 19.3. The minimum Gasteiger partial charge on any atom is -0.748 e. The van der Waals surface area contributed by atoms with Crippen LogP contribution in [0.15, 0.2) is 81.6 Å². The third-order valence-corrected chi connectivity index (χ3v) is 12.8. The van der Waals surface area contributed by atoms with Crippen molar-refractivity contribution in [3.8, 4) is 22.9 Å². The van der Waals surface area contributed by atoms with E-state index in [2.05, 4.69) is 9.97 Å². The molecule has 2 aromatic rings. The molecule has 3 heterocycles. The monoisotopic (exact) mass is 991 g/mol. The molecule has 23 heteroatoms. The molecule has 0 bridgehead atoms. The molecule has 7 rings (SSSR count). The molecule has 3 aliphatic heterocycles. The maximum atomic E-state index is 12.1. The second-order valence-electron chi connectivity index (χ2n) is 16.2. The van der Waals surface area contributed by atoms with Crippen molar-refractivity contribution in [3.63, 3.8) is 0 Å². The number of hydrogen-bond acceptors (Lipinski definition) is 17. The molecule has 69 heavy (non-hydrogen) atoms. The zero-order chi connectivity index (χ0) is 50.0. The lowest BCUT2D eigenvalue weighted by molar-refractivity contribution is -0.197. The van der Waals surface area contributed by atoms with Gasteiger partial charge in [-0.1, -0.05) is 0 Å². The Bertz CT molecular complexity index is 3170. The first-order valence-corrected chi connectivity index (χ1v) is 25.3. The van der Waals surface area contributed by atoms with Gasteiger partial charge >= 0.3 is 11.9 Å². The van der Waals surface area contributed by atoms with Gasteiger partial charge in [-0.15, -0.1) is 5.06 Å². The zero-order valence-electron chi connectivity index (χ0n) is 38.5. The van der Waals surface area contributed by atoms with Crippen molar-refractivity contribution >= 4 is 77.6 Å². The topological polar surface area (TPSA) is 280 Å². The van der Waals surface area contributed by atoms with Gasteiger partial charge in [0.25, 0.3) is 11.8 Å². The number of aliphatic carboxylic acids is 1. The molecule has 0 atom stereocenters. The van der Waals surface area contributed by atoms with E-state index >= 15 is 0 Å². The third kappa shape index (κ3) is 14.4. The summed E-state index contributed by atoms with van der Waals surface area (Å²) in [5, 5.41) is 11.0. The van der Waals surface area contributed by atoms with E-state index < -0.39 is 55.5 Å². The van der Waals surface area contributed by atoms with E-state index in [-0.39, 0.29) is 45.1 Å². The highest BCUT2D eigenvalue weighted by Gasteiger charge is 2.33. The first-order chi connectivity index (χ1) is 32.7. The van der Waals surface area contributed by atoms with Crippen LogP contribution in [0.5, 0.6) is 0 Å². The number of nitrogens with zero attached hydrogens (tertiary/aromatic N) is 7. The quantitative estimate of drug-likeness (QED) is 0.0528. The molecule has 1 saturated heterocycles. The number of carbonyl (C=O) groups excluding carboxylic acids is 3. The number of fused-ring (bicyclic) bond motifs is 4. The second kappa shape index (κ2) is 22.5. The number of aromatic nitrogens is 2. The van der Waals surface area contributed by atoms with E-state index in [1.807, 2.05) is 101 Å². The van der Waals surface area contributed by atoms with Crippen LogP contribution < -0.4 is 29.7 Å². The van der Waals surface area contributed by atoms with Crippen LogP contribution >= 0.6 is 0 Å². The number of hydroxylamine groups is 2. The van der Waals surface area contributed by atoms with Crippen LogP contribution in [0.3, 0.4) is 0 Å². The number of anilines is 2. The lowest BCUT2D eigenvalue weighted by atomic mass is 10.2. The van der Waals surface area contributed by atoms with E-state index in [4.69, 9.17) is 18.8 Å². The minimum atomic E-state index is -4.26. The standard InChI is InChI=1S/C25H28N4O8S.C21H25N3O6S/c1-3-28(12-4-14-38(33,34)35)18-6-8-20-22(16-18)36-21-15-17(5-7-19(21)26-20)27(2)13-11-25(32)37-29-23(30)9-10-24(29)31;1-3-24(10-4-12-31(27,28)29)16-6-8-18-20(14-16)30-19-13-15(5-7-17(19)22-18)23(2)11-9-21(25)26/h5-8,15-16H,3-4,9-14H2,1-2H3;5-8,13-14H,3-4,9-12H2,1-2H3,(H-,25,26,27,28,29). The molecule has 368 valence electrons. The fourth-order valence-electron chi connectivity index (χ4n) is 7.46. The molecule has 2 aromatic carbocycles. The van der Waals surface area contributed by atoms with Crippen molar-refractivity contribution in [2.45, 2.75) is 52.4 Å². The minimum absolute atomic E-state index is 0.0332. The smallest absolute Gasteiger partial charge is 0.339 e. The van der Waals surface area contributed by atoms with Crippen molar-refractivity contribution in [2.75, 3.05) is 74.7 Å². The summed E-state index contributed by atoms with van der Waals surface area (Å²) in [7, 11) is -4.89. The van der Waals surface area contributed by atoms with Gasteiger partial charge in [-0.05, 0) is 63.1 Å². The average molecular weight is 992 g/mol. The van der Waals surface area contributed by atoms with Crippen molar-refractivity contribution in [2.24, 2.45) is 0 Å². The van der Waals surface area contributed by atoms with Crippen LogP contribution in [0.4, 0.5) is 11.4 Å². The van der Waals surface area contributed by atoms with E-state index in [0.29, 0.717) is 82.9 Å². The Morgan fingerprint density at radius 3 is 1.54 bits per heavy atom. The first-order valence-electron chi connectivity index (χ1n) is 22.1.